The van der Waals surface area contributed by atoms with Crippen LogP contribution in [0.5, 0.6) is 0 Å². The van der Waals surface area contributed by atoms with Crippen LogP contribution >= 0.6 is 0 Å². The molecule has 47 heavy (non-hydrogen) atoms. The number of nitrogens with zero attached hydrogens (tertiary/aromatic N) is 2. The Morgan fingerprint density at radius 2 is 1.60 bits per heavy atom. The van der Waals surface area contributed by atoms with Crippen molar-refractivity contribution >= 4 is 29.5 Å². The van der Waals surface area contributed by atoms with Gasteiger partial charge in [0.2, 0.25) is 11.8 Å². The van der Waals surface area contributed by atoms with E-state index in [-0.39, 0.29) is 29.8 Å². The number of fused-ring (bicyclic) bond motifs is 1. The first-order valence-electron chi connectivity index (χ1n) is 16.8. The summed E-state index contributed by atoms with van der Waals surface area (Å²) in [7, 11) is 0. The minimum atomic E-state index is -1.55. The lowest BCUT2D eigenvalue weighted by Crippen LogP contribution is -2.58. The molecule has 1 heterocycles. The summed E-state index contributed by atoms with van der Waals surface area (Å²) in [6.45, 7) is 12.0. The number of benzene rings is 1. The fraction of sp³-hybridized carbons (Fsp3) is 0.629. The molecule has 5 N–H and O–H groups in total. The van der Waals surface area contributed by atoms with E-state index < -0.39 is 35.3 Å². The molecule has 4 amide bonds. The van der Waals surface area contributed by atoms with Crippen LogP contribution < -0.4 is 21.3 Å². The van der Waals surface area contributed by atoms with Gasteiger partial charge >= 0.3 is 6.09 Å². The topological polar surface area (TPSA) is 164 Å². The zero-order chi connectivity index (χ0) is 34.3. The molecule has 0 bridgehead atoms. The number of alkyl carbamates (subject to hydrolysis) is 1. The van der Waals surface area contributed by atoms with Crippen LogP contribution in [0, 0.1) is 17.8 Å². The van der Waals surface area contributed by atoms with Crippen molar-refractivity contribution < 1.29 is 29.0 Å². The summed E-state index contributed by atoms with van der Waals surface area (Å²) in [6.07, 6.45) is 6.37. The van der Waals surface area contributed by atoms with Crippen molar-refractivity contribution in [3.05, 3.63) is 47.3 Å². The van der Waals surface area contributed by atoms with Gasteiger partial charge in [0.25, 0.3) is 5.91 Å². The Morgan fingerprint density at radius 3 is 2.17 bits per heavy atom. The van der Waals surface area contributed by atoms with Crippen LogP contribution in [-0.4, -0.2) is 62.0 Å². The second-order valence-electron chi connectivity index (χ2n) is 15.2. The summed E-state index contributed by atoms with van der Waals surface area (Å²) in [5, 5.41) is 26.6. The Hall–Kier alpha value is -3.93. The summed E-state index contributed by atoms with van der Waals surface area (Å²) in [6, 6.07) is 5.05. The van der Waals surface area contributed by atoms with Crippen LogP contribution in [0.4, 0.5) is 10.5 Å². The quantitative estimate of drug-likeness (QED) is 0.227. The zero-order valence-electron chi connectivity index (χ0n) is 28.6. The van der Waals surface area contributed by atoms with Gasteiger partial charge in [-0.2, -0.15) is 5.10 Å². The Bertz CT molecular complexity index is 1480. The van der Waals surface area contributed by atoms with Gasteiger partial charge in [-0.25, -0.2) is 4.79 Å². The smallest absolute Gasteiger partial charge is 0.408 e. The van der Waals surface area contributed by atoms with Crippen LogP contribution in [0.1, 0.15) is 114 Å². The zero-order valence-corrected chi connectivity index (χ0v) is 28.6. The van der Waals surface area contributed by atoms with E-state index in [1.54, 1.807) is 37.7 Å². The third kappa shape index (κ3) is 8.51. The molecular weight excluding hydrogens is 600 g/mol. The first-order chi connectivity index (χ1) is 22.0. The van der Waals surface area contributed by atoms with Crippen LogP contribution in [0.15, 0.2) is 30.5 Å². The summed E-state index contributed by atoms with van der Waals surface area (Å²) in [4.78, 5) is 53.1. The summed E-state index contributed by atoms with van der Waals surface area (Å²) in [5.74, 6) is -0.128. The van der Waals surface area contributed by atoms with Crippen LogP contribution in [0.25, 0.3) is 0 Å². The van der Waals surface area contributed by atoms with Crippen molar-refractivity contribution in [1.82, 2.24) is 25.7 Å². The average Bonchev–Trinajstić information content (AvgIpc) is 3.89. The van der Waals surface area contributed by atoms with Gasteiger partial charge in [-0.15, -0.1) is 0 Å². The molecule has 0 unspecified atom stereocenters. The van der Waals surface area contributed by atoms with E-state index in [2.05, 4.69) is 26.4 Å². The second kappa shape index (κ2) is 13.3. The molecular formula is C35H50N6O6. The first-order valence-corrected chi connectivity index (χ1v) is 16.8. The van der Waals surface area contributed by atoms with Gasteiger partial charge in [-0.1, -0.05) is 6.07 Å². The van der Waals surface area contributed by atoms with E-state index in [1.807, 2.05) is 32.0 Å². The molecule has 0 aliphatic heterocycles. The molecule has 12 nitrogen and oxygen atoms in total. The molecule has 3 aliphatic rings. The van der Waals surface area contributed by atoms with E-state index in [0.717, 1.165) is 36.8 Å². The normalized spacial score (nSPS) is 19.1. The molecule has 0 saturated heterocycles. The SMILES string of the molecule is CC(C)n1nccc1C(=O)N[C@H](C(=O)Nc1ccc2c(c1)CC[C@H]2NC(=O)[C@H](NC(=O)OC(C)(C)C)C(C)(C)O)C(C1CC1)C1CC1. The molecule has 1 aromatic heterocycles. The first kappa shape index (κ1) is 34.4. The molecule has 2 saturated carbocycles. The maximum atomic E-state index is 13.9. The molecule has 12 heteroatoms. The Kier molecular flexibility index (Phi) is 9.73. The van der Waals surface area contributed by atoms with Crippen molar-refractivity contribution in [3.63, 3.8) is 0 Å². The van der Waals surface area contributed by atoms with E-state index in [1.165, 1.54) is 13.8 Å². The Balaban J connectivity index is 1.28. The van der Waals surface area contributed by atoms with Gasteiger partial charge < -0.3 is 31.1 Å². The van der Waals surface area contributed by atoms with Crippen molar-refractivity contribution in [2.24, 2.45) is 17.8 Å². The highest BCUT2D eigenvalue weighted by Crippen LogP contribution is 2.51. The summed E-state index contributed by atoms with van der Waals surface area (Å²) >= 11 is 0. The van der Waals surface area contributed by atoms with E-state index in [9.17, 15) is 24.3 Å². The molecule has 5 rings (SSSR count). The lowest BCUT2D eigenvalue weighted by atomic mass is 9.88. The molecule has 2 fully saturated rings. The minimum Gasteiger partial charge on any atom is -0.444 e. The summed E-state index contributed by atoms with van der Waals surface area (Å²) < 4.78 is 6.97. The van der Waals surface area contributed by atoms with Crippen molar-refractivity contribution in [1.29, 1.82) is 0 Å². The van der Waals surface area contributed by atoms with Gasteiger partial charge in [0.15, 0.2) is 0 Å². The number of anilines is 1. The number of rotatable bonds is 12. The van der Waals surface area contributed by atoms with E-state index in [4.69, 9.17) is 4.74 Å². The second-order valence-corrected chi connectivity index (χ2v) is 15.2. The number of nitrogens with one attached hydrogen (secondary N) is 4. The van der Waals surface area contributed by atoms with Gasteiger partial charge in [0.1, 0.15) is 23.4 Å². The Labute approximate surface area is 276 Å². The standard InChI is InChI=1S/C35H50N6O6/c1-19(2)41-26(16-17-36-41)30(42)39-28(27(20-8-9-20)21-10-11-21)31(43)37-23-13-14-24-22(18-23)12-15-25(24)38-32(44)29(35(6,7)46)40-33(45)47-34(3,4)5/h13-14,16-21,25,27-29,46H,8-12,15H2,1-7H3,(H,37,43)(H,38,44)(H,39,42)(H,40,45)/t25-,28+,29+/m1/s1. The number of aryl methyl sites for hydroxylation is 1. The number of carbonyl (C=O) groups excluding carboxylic acids is 4. The van der Waals surface area contributed by atoms with Crippen molar-refractivity contribution in [2.75, 3.05) is 5.32 Å². The highest BCUT2D eigenvalue weighted by atomic mass is 16.6. The number of aliphatic hydroxyl groups is 1. The molecule has 256 valence electrons. The van der Waals surface area contributed by atoms with Gasteiger partial charge in [-0.3, -0.25) is 19.1 Å². The fourth-order valence-electron chi connectivity index (χ4n) is 6.66. The highest BCUT2D eigenvalue weighted by molar-refractivity contribution is 6.01. The molecule has 0 radical (unpaired) electrons. The number of amides is 4. The number of hydrogen-bond acceptors (Lipinski definition) is 7. The molecule has 0 spiro atoms. The number of carbonyl (C=O) groups is 4. The molecule has 2 aromatic rings. The lowest BCUT2D eigenvalue weighted by molar-refractivity contribution is -0.129. The highest BCUT2D eigenvalue weighted by Gasteiger charge is 2.48. The predicted molar refractivity (Wildman–Crippen MR) is 177 cm³/mol. The van der Waals surface area contributed by atoms with Crippen LogP contribution in [-0.2, 0) is 20.7 Å². The van der Waals surface area contributed by atoms with E-state index >= 15 is 0 Å². The predicted octanol–water partition coefficient (Wildman–Crippen LogP) is 4.41. The lowest BCUT2D eigenvalue weighted by Gasteiger charge is -2.31. The van der Waals surface area contributed by atoms with E-state index in [0.29, 0.717) is 36.1 Å². The largest absolute Gasteiger partial charge is 0.444 e. The van der Waals surface area contributed by atoms with Gasteiger partial charge in [-0.05, 0) is 134 Å². The molecule has 1 aromatic carbocycles. The van der Waals surface area contributed by atoms with Gasteiger partial charge in [0, 0.05) is 17.9 Å². The fourth-order valence-corrected chi connectivity index (χ4v) is 6.66. The van der Waals surface area contributed by atoms with Crippen LogP contribution in [0.3, 0.4) is 0 Å². The van der Waals surface area contributed by atoms with Crippen molar-refractivity contribution in [2.45, 2.75) is 122 Å². The van der Waals surface area contributed by atoms with Gasteiger partial charge in [0.05, 0.1) is 11.6 Å². The minimum absolute atomic E-state index is 0.00274. The monoisotopic (exact) mass is 650 g/mol. The average molecular weight is 651 g/mol. The maximum Gasteiger partial charge on any atom is 0.408 e. The third-order valence-electron chi connectivity index (χ3n) is 9.11. The van der Waals surface area contributed by atoms with Crippen molar-refractivity contribution in [3.8, 4) is 0 Å². The number of hydrogen-bond donors (Lipinski definition) is 5. The maximum absolute atomic E-state index is 13.9. The summed E-state index contributed by atoms with van der Waals surface area (Å²) in [5.41, 5.74) is 0.636. The van der Waals surface area contributed by atoms with Crippen LogP contribution in [0.2, 0.25) is 0 Å². The molecule has 3 atom stereocenters. The Morgan fingerprint density at radius 1 is 0.936 bits per heavy atom. The number of aromatic nitrogens is 2. The third-order valence-corrected chi connectivity index (χ3v) is 9.11. The molecule has 3 aliphatic carbocycles. The number of ether oxygens (including phenoxy) is 1.